The fourth-order valence-corrected chi connectivity index (χ4v) is 3.74. The summed E-state index contributed by atoms with van der Waals surface area (Å²) in [4.78, 5) is 4.64. The smallest absolute Gasteiger partial charge is 0.147 e. The molecule has 2 aromatic carbocycles. The van der Waals surface area contributed by atoms with Crippen LogP contribution in [0.5, 0.6) is 11.5 Å². The van der Waals surface area contributed by atoms with Gasteiger partial charge in [0.2, 0.25) is 0 Å². The maximum Gasteiger partial charge on any atom is 0.147 e. The van der Waals surface area contributed by atoms with Crippen molar-refractivity contribution < 1.29 is 9.47 Å². The molecule has 156 valence electrons. The molecule has 4 rings (SSSR count). The molecule has 0 radical (unpaired) electrons. The third kappa shape index (κ3) is 4.29. The molecular weight excluding hydrogens is 396 g/mol. The van der Waals surface area contributed by atoms with Crippen molar-refractivity contribution in [1.82, 2.24) is 9.55 Å². The van der Waals surface area contributed by atoms with Gasteiger partial charge < -0.3 is 14.0 Å². The molecule has 0 amide bonds. The van der Waals surface area contributed by atoms with Gasteiger partial charge in [-0.05, 0) is 49.6 Å². The van der Waals surface area contributed by atoms with Gasteiger partial charge in [-0.25, -0.2) is 0 Å². The first-order chi connectivity index (χ1) is 14.1. The lowest BCUT2D eigenvalue weighted by Gasteiger charge is -2.13. The van der Waals surface area contributed by atoms with E-state index in [0.717, 1.165) is 34.6 Å². The summed E-state index contributed by atoms with van der Waals surface area (Å²) < 4.78 is 13.9. The molecule has 0 atom stereocenters. The van der Waals surface area contributed by atoms with Crippen molar-refractivity contribution in [3.63, 3.8) is 0 Å². The predicted octanol–water partition coefficient (Wildman–Crippen LogP) is 6.02. The number of rotatable bonds is 6. The van der Waals surface area contributed by atoms with E-state index in [9.17, 15) is 0 Å². The number of hydrogen-bond donors (Lipinski definition) is 0. The van der Waals surface area contributed by atoms with Gasteiger partial charge in [-0.15, -0.1) is 12.4 Å². The number of halogens is 1. The third-order valence-electron chi connectivity index (χ3n) is 5.41. The van der Waals surface area contributed by atoms with E-state index < -0.39 is 0 Å². The quantitative estimate of drug-likeness (QED) is 0.381. The second kappa shape index (κ2) is 9.23. The average molecular weight is 423 g/mol. The van der Waals surface area contributed by atoms with Gasteiger partial charge in [0.05, 0.1) is 12.6 Å². The summed E-state index contributed by atoms with van der Waals surface area (Å²) >= 11 is 0. The number of ether oxygens (including phenoxy) is 2. The van der Waals surface area contributed by atoms with Crippen molar-refractivity contribution >= 4 is 23.4 Å². The molecule has 0 fully saturated rings. The monoisotopic (exact) mass is 422 g/mol. The van der Waals surface area contributed by atoms with Gasteiger partial charge in [-0.1, -0.05) is 42.0 Å². The zero-order valence-corrected chi connectivity index (χ0v) is 18.6. The zero-order chi connectivity index (χ0) is 20.4. The van der Waals surface area contributed by atoms with E-state index in [1.807, 2.05) is 24.4 Å². The largest absolute Gasteiger partial charge is 0.497 e. The van der Waals surface area contributed by atoms with Crippen LogP contribution in [0.4, 0.5) is 0 Å². The summed E-state index contributed by atoms with van der Waals surface area (Å²) in [7, 11) is 1.70. The number of pyridine rings is 1. The Kier molecular flexibility index (Phi) is 6.68. The number of nitrogens with zero attached hydrogens (tertiary/aromatic N) is 2. The molecule has 0 saturated carbocycles. The molecule has 0 unspecified atom stereocenters. The predicted molar refractivity (Wildman–Crippen MR) is 124 cm³/mol. The molecule has 5 heteroatoms. The second-order valence-corrected chi connectivity index (χ2v) is 7.43. The first-order valence-electron chi connectivity index (χ1n) is 9.82. The number of fused-ring (bicyclic) bond motifs is 1. The Morgan fingerprint density at radius 1 is 0.933 bits per heavy atom. The van der Waals surface area contributed by atoms with E-state index in [1.165, 1.54) is 22.4 Å². The molecule has 0 saturated heterocycles. The van der Waals surface area contributed by atoms with Crippen LogP contribution in [0.15, 0.2) is 60.8 Å². The van der Waals surface area contributed by atoms with Crippen LogP contribution in [-0.2, 0) is 13.2 Å². The number of aryl methyl sites for hydroxylation is 2. The van der Waals surface area contributed by atoms with Gasteiger partial charge in [0.15, 0.2) is 0 Å². The first-order valence-corrected chi connectivity index (χ1v) is 9.82. The van der Waals surface area contributed by atoms with Crippen molar-refractivity contribution in [3.05, 3.63) is 88.7 Å². The maximum absolute atomic E-state index is 6.27. The lowest BCUT2D eigenvalue weighted by atomic mass is 10.1. The minimum absolute atomic E-state index is 0. The van der Waals surface area contributed by atoms with Crippen LogP contribution in [0.25, 0.3) is 11.0 Å². The highest BCUT2D eigenvalue weighted by molar-refractivity contribution is 5.86. The SMILES string of the molecule is COc1cccc(Cn2c(C)c(C)c3nccc(OCc4cccc(C)c4)c32)c1.Cl. The molecule has 30 heavy (non-hydrogen) atoms. The Labute approximate surface area is 183 Å². The molecule has 2 heterocycles. The maximum atomic E-state index is 6.27. The molecule has 0 aliphatic carbocycles. The molecule has 4 nitrogen and oxygen atoms in total. The van der Waals surface area contributed by atoms with Gasteiger partial charge in [0.25, 0.3) is 0 Å². The Bertz CT molecular complexity index is 1170. The van der Waals surface area contributed by atoms with Crippen molar-refractivity contribution in [3.8, 4) is 11.5 Å². The lowest BCUT2D eigenvalue weighted by Crippen LogP contribution is -2.04. The topological polar surface area (TPSA) is 36.3 Å². The van der Waals surface area contributed by atoms with Crippen LogP contribution in [0.3, 0.4) is 0 Å². The van der Waals surface area contributed by atoms with Gasteiger partial charge in [-0.2, -0.15) is 0 Å². The number of aromatic nitrogens is 2. The molecule has 0 N–H and O–H groups in total. The molecule has 4 aromatic rings. The van der Waals surface area contributed by atoms with Gasteiger partial charge >= 0.3 is 0 Å². The van der Waals surface area contributed by atoms with E-state index in [4.69, 9.17) is 9.47 Å². The van der Waals surface area contributed by atoms with E-state index in [-0.39, 0.29) is 12.4 Å². The third-order valence-corrected chi connectivity index (χ3v) is 5.41. The van der Waals surface area contributed by atoms with Crippen LogP contribution >= 0.6 is 12.4 Å². The Balaban J connectivity index is 0.00000256. The summed E-state index contributed by atoms with van der Waals surface area (Å²) in [5, 5.41) is 0. The first kappa shape index (κ1) is 21.7. The Morgan fingerprint density at radius 3 is 2.47 bits per heavy atom. The summed E-state index contributed by atoms with van der Waals surface area (Å²) in [6.45, 7) is 7.63. The van der Waals surface area contributed by atoms with E-state index in [0.29, 0.717) is 6.61 Å². The van der Waals surface area contributed by atoms with E-state index in [1.54, 1.807) is 7.11 Å². The fourth-order valence-electron chi connectivity index (χ4n) is 3.74. The molecule has 2 aromatic heterocycles. The number of benzene rings is 2. The highest BCUT2D eigenvalue weighted by atomic mass is 35.5. The van der Waals surface area contributed by atoms with Crippen LogP contribution < -0.4 is 9.47 Å². The van der Waals surface area contributed by atoms with Gasteiger partial charge in [0.1, 0.15) is 23.6 Å². The normalized spacial score (nSPS) is 10.7. The summed E-state index contributed by atoms with van der Waals surface area (Å²) in [6.07, 6.45) is 1.83. The van der Waals surface area contributed by atoms with Gasteiger partial charge in [-0.3, -0.25) is 4.98 Å². The molecule has 0 bridgehead atoms. The van der Waals surface area contributed by atoms with Crippen LogP contribution in [0.2, 0.25) is 0 Å². The fraction of sp³-hybridized carbons (Fsp3) is 0.240. The van der Waals surface area contributed by atoms with Crippen molar-refractivity contribution in [1.29, 1.82) is 0 Å². The Hall–Kier alpha value is -2.98. The van der Waals surface area contributed by atoms with Crippen molar-refractivity contribution in [2.75, 3.05) is 7.11 Å². The van der Waals surface area contributed by atoms with E-state index in [2.05, 4.69) is 66.7 Å². The summed E-state index contributed by atoms with van der Waals surface area (Å²) in [5.74, 6) is 1.72. The van der Waals surface area contributed by atoms with Crippen molar-refractivity contribution in [2.24, 2.45) is 0 Å². The summed E-state index contributed by atoms with van der Waals surface area (Å²) in [6, 6.07) is 18.6. The molecule has 0 aliphatic rings. The van der Waals surface area contributed by atoms with E-state index >= 15 is 0 Å². The van der Waals surface area contributed by atoms with Crippen LogP contribution in [-0.4, -0.2) is 16.7 Å². The lowest BCUT2D eigenvalue weighted by molar-refractivity contribution is 0.308. The average Bonchev–Trinajstić information content (AvgIpc) is 2.98. The van der Waals surface area contributed by atoms with Crippen molar-refractivity contribution in [2.45, 2.75) is 33.9 Å². The minimum Gasteiger partial charge on any atom is -0.497 e. The summed E-state index contributed by atoms with van der Waals surface area (Å²) in [5.41, 5.74) is 7.99. The standard InChI is InChI=1S/C25H26N2O2.ClH/c1-17-7-5-9-21(13-17)16-29-23-11-12-26-24-18(2)19(3)27(25(23)24)15-20-8-6-10-22(14-20)28-4;/h5-14H,15-16H2,1-4H3;1H. The molecular formula is C25H27ClN2O2. The highest BCUT2D eigenvalue weighted by Crippen LogP contribution is 2.32. The molecule has 0 aliphatic heterocycles. The van der Waals surface area contributed by atoms with Crippen LogP contribution in [0.1, 0.15) is 27.9 Å². The Morgan fingerprint density at radius 2 is 1.70 bits per heavy atom. The van der Waals surface area contributed by atoms with Gasteiger partial charge in [0, 0.05) is 24.5 Å². The zero-order valence-electron chi connectivity index (χ0n) is 17.8. The number of hydrogen-bond acceptors (Lipinski definition) is 3. The second-order valence-electron chi connectivity index (χ2n) is 7.43. The highest BCUT2D eigenvalue weighted by Gasteiger charge is 2.17. The van der Waals surface area contributed by atoms with Crippen LogP contribution in [0, 0.1) is 20.8 Å². The minimum atomic E-state index is 0. The number of methoxy groups -OCH3 is 1. The molecule has 0 spiro atoms.